The Kier molecular flexibility index (Phi) is 5.38. The van der Waals surface area contributed by atoms with Crippen LogP contribution in [0.4, 0.5) is 0 Å². The van der Waals surface area contributed by atoms with Gasteiger partial charge in [-0.1, -0.05) is 44.2 Å². The number of ether oxygens (including phenoxy) is 1. The van der Waals surface area contributed by atoms with Gasteiger partial charge in [0.2, 0.25) is 0 Å². The molecule has 0 saturated carbocycles. The van der Waals surface area contributed by atoms with Gasteiger partial charge < -0.3 is 14.5 Å². The molecule has 1 aliphatic rings. The average molecular weight is 380 g/mol. The Balaban J connectivity index is 1.58. The number of methoxy groups -OCH3 is 1. The van der Waals surface area contributed by atoms with E-state index >= 15 is 0 Å². The van der Waals surface area contributed by atoms with E-state index in [0.717, 1.165) is 43.0 Å². The minimum Gasteiger partial charge on any atom is -0.493 e. The number of piperazine rings is 1. The van der Waals surface area contributed by atoms with Crippen molar-refractivity contribution in [1.82, 2.24) is 15.2 Å². The van der Waals surface area contributed by atoms with Crippen LogP contribution in [0.3, 0.4) is 0 Å². The topological polar surface area (TPSA) is 50.5 Å². The monoisotopic (exact) mass is 379 g/mol. The van der Waals surface area contributed by atoms with Crippen LogP contribution in [-0.2, 0) is 6.54 Å². The lowest BCUT2D eigenvalue weighted by molar-refractivity contribution is 0.193. The molecular weight excluding hydrogens is 350 g/mol. The summed E-state index contributed by atoms with van der Waals surface area (Å²) in [6.45, 7) is 10.2. The summed E-state index contributed by atoms with van der Waals surface area (Å²) in [4.78, 5) is 7.12. The molecule has 0 bridgehead atoms. The highest BCUT2D eigenvalue weighted by atomic mass is 16.5. The SMILES string of the molecule is COc1ccc(CN2CCNC(c3ccccc3C(C)C)C2)c2nc(C)oc12. The molecule has 148 valence electrons. The van der Waals surface area contributed by atoms with Crippen molar-refractivity contribution in [2.75, 3.05) is 26.7 Å². The van der Waals surface area contributed by atoms with Crippen molar-refractivity contribution in [3.8, 4) is 5.75 Å². The highest BCUT2D eigenvalue weighted by Crippen LogP contribution is 2.31. The molecule has 2 heterocycles. The molecule has 0 spiro atoms. The second-order valence-electron chi connectivity index (χ2n) is 7.86. The molecule has 1 N–H and O–H groups in total. The molecular formula is C23H29N3O2. The van der Waals surface area contributed by atoms with Crippen LogP contribution in [0.25, 0.3) is 11.1 Å². The smallest absolute Gasteiger partial charge is 0.196 e. The third-order valence-electron chi connectivity index (χ3n) is 5.56. The fourth-order valence-electron chi connectivity index (χ4n) is 4.19. The van der Waals surface area contributed by atoms with Crippen molar-refractivity contribution < 1.29 is 9.15 Å². The normalized spacial score (nSPS) is 18.1. The Morgan fingerprint density at radius 1 is 1.25 bits per heavy atom. The summed E-state index contributed by atoms with van der Waals surface area (Å²) in [5.74, 6) is 1.93. The molecule has 0 radical (unpaired) electrons. The molecule has 5 nitrogen and oxygen atoms in total. The first kappa shape index (κ1) is 19.0. The standard InChI is InChI=1S/C23H29N3O2/c1-15(2)18-7-5-6-8-19(18)20-14-26(12-11-24-20)13-17-9-10-21(27-4)23-22(17)25-16(3)28-23/h5-10,15,20,24H,11-14H2,1-4H3. The molecule has 3 aromatic rings. The van der Waals surface area contributed by atoms with Gasteiger partial charge in [-0.15, -0.1) is 0 Å². The van der Waals surface area contributed by atoms with Gasteiger partial charge in [-0.3, -0.25) is 4.90 Å². The summed E-state index contributed by atoms with van der Waals surface area (Å²) < 4.78 is 11.2. The maximum atomic E-state index is 5.79. The van der Waals surface area contributed by atoms with Gasteiger partial charge in [0.15, 0.2) is 17.2 Å². The van der Waals surface area contributed by atoms with Gasteiger partial charge >= 0.3 is 0 Å². The van der Waals surface area contributed by atoms with E-state index in [-0.39, 0.29) is 0 Å². The fourth-order valence-corrected chi connectivity index (χ4v) is 4.19. The third kappa shape index (κ3) is 3.64. The summed E-state index contributed by atoms with van der Waals surface area (Å²) >= 11 is 0. The van der Waals surface area contributed by atoms with E-state index in [1.54, 1.807) is 7.11 Å². The number of hydrogen-bond acceptors (Lipinski definition) is 5. The van der Waals surface area contributed by atoms with Crippen LogP contribution >= 0.6 is 0 Å². The summed E-state index contributed by atoms with van der Waals surface area (Å²) in [7, 11) is 1.67. The second-order valence-corrected chi connectivity index (χ2v) is 7.86. The number of rotatable bonds is 5. The summed E-state index contributed by atoms with van der Waals surface area (Å²) in [6, 6.07) is 13.3. The van der Waals surface area contributed by atoms with Gasteiger partial charge in [-0.05, 0) is 28.7 Å². The van der Waals surface area contributed by atoms with Crippen LogP contribution in [-0.4, -0.2) is 36.6 Å². The second kappa shape index (κ2) is 7.94. The van der Waals surface area contributed by atoms with Gasteiger partial charge in [0.25, 0.3) is 0 Å². The molecule has 5 heteroatoms. The van der Waals surface area contributed by atoms with Crippen LogP contribution in [0.15, 0.2) is 40.8 Å². The third-order valence-corrected chi connectivity index (χ3v) is 5.56. The van der Waals surface area contributed by atoms with Crippen molar-refractivity contribution in [1.29, 1.82) is 0 Å². The number of fused-ring (bicyclic) bond motifs is 1. The number of aryl methyl sites for hydroxylation is 1. The first-order valence-electron chi connectivity index (χ1n) is 10.0. The molecule has 1 aromatic heterocycles. The predicted octanol–water partition coefficient (Wildman–Crippen LogP) is 4.41. The minimum absolute atomic E-state index is 0.347. The molecule has 1 saturated heterocycles. The minimum atomic E-state index is 0.347. The van der Waals surface area contributed by atoms with Crippen LogP contribution in [0.1, 0.15) is 48.4 Å². The highest BCUT2D eigenvalue weighted by molar-refractivity contribution is 5.82. The number of hydrogen-bond donors (Lipinski definition) is 1. The first-order chi connectivity index (χ1) is 13.6. The van der Waals surface area contributed by atoms with E-state index in [1.165, 1.54) is 16.7 Å². The van der Waals surface area contributed by atoms with Gasteiger partial charge in [0, 0.05) is 39.1 Å². The number of benzene rings is 2. The van der Waals surface area contributed by atoms with Crippen molar-refractivity contribution in [2.45, 2.75) is 39.3 Å². The van der Waals surface area contributed by atoms with Crippen molar-refractivity contribution >= 4 is 11.1 Å². The fraction of sp³-hybridized carbons (Fsp3) is 0.435. The number of aromatic nitrogens is 1. The number of oxazole rings is 1. The highest BCUT2D eigenvalue weighted by Gasteiger charge is 2.24. The lowest BCUT2D eigenvalue weighted by atomic mass is 9.92. The predicted molar refractivity (Wildman–Crippen MR) is 112 cm³/mol. The van der Waals surface area contributed by atoms with E-state index in [2.05, 4.69) is 59.4 Å². The molecule has 0 amide bonds. The summed E-state index contributed by atoms with van der Waals surface area (Å²) in [6.07, 6.45) is 0. The zero-order valence-corrected chi connectivity index (χ0v) is 17.2. The van der Waals surface area contributed by atoms with Gasteiger partial charge in [0.1, 0.15) is 5.52 Å². The van der Waals surface area contributed by atoms with Crippen LogP contribution in [0, 0.1) is 6.92 Å². The summed E-state index contributed by atoms with van der Waals surface area (Å²) in [5.41, 5.74) is 5.69. The maximum Gasteiger partial charge on any atom is 0.196 e. The molecule has 4 rings (SSSR count). The molecule has 28 heavy (non-hydrogen) atoms. The Bertz CT molecular complexity index is 964. The van der Waals surface area contributed by atoms with E-state index in [4.69, 9.17) is 9.15 Å². The Labute approximate surface area is 166 Å². The van der Waals surface area contributed by atoms with Crippen LogP contribution in [0.5, 0.6) is 5.75 Å². The largest absolute Gasteiger partial charge is 0.493 e. The van der Waals surface area contributed by atoms with Crippen LogP contribution in [0.2, 0.25) is 0 Å². The lowest BCUT2D eigenvalue weighted by Crippen LogP contribution is -2.45. The first-order valence-corrected chi connectivity index (χ1v) is 10.0. The van der Waals surface area contributed by atoms with E-state index in [0.29, 0.717) is 17.9 Å². The number of nitrogens with one attached hydrogen (secondary N) is 1. The number of nitrogens with zero attached hydrogens (tertiary/aromatic N) is 2. The Morgan fingerprint density at radius 3 is 2.86 bits per heavy atom. The van der Waals surface area contributed by atoms with Crippen molar-refractivity contribution in [2.24, 2.45) is 0 Å². The summed E-state index contributed by atoms with van der Waals surface area (Å²) in [5, 5.41) is 3.71. The molecule has 1 unspecified atom stereocenters. The van der Waals surface area contributed by atoms with Crippen LogP contribution < -0.4 is 10.1 Å². The van der Waals surface area contributed by atoms with Crippen molar-refractivity contribution in [3.63, 3.8) is 0 Å². The quantitative estimate of drug-likeness (QED) is 0.711. The van der Waals surface area contributed by atoms with Gasteiger partial charge in [-0.2, -0.15) is 0 Å². The maximum absolute atomic E-state index is 5.79. The zero-order valence-electron chi connectivity index (χ0n) is 17.2. The molecule has 1 atom stereocenters. The lowest BCUT2D eigenvalue weighted by Gasteiger charge is -2.35. The van der Waals surface area contributed by atoms with Crippen molar-refractivity contribution in [3.05, 3.63) is 59.0 Å². The molecule has 1 fully saturated rings. The molecule has 0 aliphatic carbocycles. The van der Waals surface area contributed by atoms with E-state index in [9.17, 15) is 0 Å². The van der Waals surface area contributed by atoms with Gasteiger partial charge in [-0.25, -0.2) is 4.98 Å². The Morgan fingerprint density at radius 2 is 2.07 bits per heavy atom. The van der Waals surface area contributed by atoms with E-state index < -0.39 is 0 Å². The zero-order chi connectivity index (χ0) is 19.7. The molecule has 2 aromatic carbocycles. The van der Waals surface area contributed by atoms with Gasteiger partial charge in [0.05, 0.1) is 7.11 Å². The van der Waals surface area contributed by atoms with E-state index in [1.807, 2.05) is 13.0 Å². The molecule has 1 aliphatic heterocycles. The average Bonchev–Trinajstić information content (AvgIpc) is 3.10. The Hall–Kier alpha value is -2.37.